The van der Waals surface area contributed by atoms with E-state index in [1.165, 1.54) is 5.56 Å². The Morgan fingerprint density at radius 1 is 1.04 bits per heavy atom. The highest BCUT2D eigenvalue weighted by molar-refractivity contribution is 5.99. The first kappa shape index (κ1) is 18.4. The molecule has 28 heavy (non-hydrogen) atoms. The number of carbonyl (C=O) groups is 1. The van der Waals surface area contributed by atoms with Gasteiger partial charge in [-0.25, -0.2) is 0 Å². The summed E-state index contributed by atoms with van der Waals surface area (Å²) in [5, 5.41) is 8.10. The Balaban J connectivity index is 1.64. The Labute approximate surface area is 166 Å². The van der Waals surface area contributed by atoms with Crippen LogP contribution in [0.15, 0.2) is 66.9 Å². The van der Waals surface area contributed by atoms with Crippen LogP contribution in [0.25, 0.3) is 11.3 Å². The van der Waals surface area contributed by atoms with E-state index >= 15 is 0 Å². The van der Waals surface area contributed by atoms with Crippen LogP contribution in [0.5, 0.6) is 0 Å². The summed E-state index contributed by atoms with van der Waals surface area (Å²) in [7, 11) is 1.99. The highest BCUT2D eigenvalue weighted by atomic mass is 16.2. The van der Waals surface area contributed by atoms with Crippen LogP contribution in [-0.2, 0) is 6.54 Å². The molecule has 5 heteroatoms. The van der Waals surface area contributed by atoms with Crippen molar-refractivity contribution in [2.45, 2.75) is 25.4 Å². The minimum atomic E-state index is 0.0766. The smallest absolute Gasteiger partial charge is 0.257 e. The topological polar surface area (TPSA) is 50.2 Å². The highest BCUT2D eigenvalue weighted by Crippen LogP contribution is 2.25. The molecule has 1 aliphatic rings. The van der Waals surface area contributed by atoms with Crippen LogP contribution in [0, 0.1) is 0 Å². The summed E-state index contributed by atoms with van der Waals surface area (Å²) in [6, 6.07) is 20.7. The maximum Gasteiger partial charge on any atom is 0.257 e. The minimum absolute atomic E-state index is 0.0766. The number of hydrogen-bond acceptors (Lipinski definition) is 3. The number of benzene rings is 2. The van der Waals surface area contributed by atoms with Gasteiger partial charge in [-0.05, 0) is 25.5 Å². The quantitative estimate of drug-likeness (QED) is 0.744. The Kier molecular flexibility index (Phi) is 5.53. The summed E-state index contributed by atoms with van der Waals surface area (Å²) in [6.07, 6.45) is 3.88. The van der Waals surface area contributed by atoms with Crippen molar-refractivity contribution >= 4 is 5.91 Å². The van der Waals surface area contributed by atoms with Crippen molar-refractivity contribution in [2.75, 3.05) is 20.1 Å². The van der Waals surface area contributed by atoms with Crippen LogP contribution < -0.4 is 5.32 Å². The molecular weight excluding hydrogens is 348 g/mol. The molecule has 0 aliphatic carbocycles. The fraction of sp³-hybridized carbons (Fsp3) is 0.304. The molecule has 5 nitrogen and oxygen atoms in total. The Hall–Kier alpha value is -2.92. The molecule has 144 valence electrons. The van der Waals surface area contributed by atoms with E-state index in [0.717, 1.165) is 37.2 Å². The van der Waals surface area contributed by atoms with Crippen LogP contribution in [0.4, 0.5) is 0 Å². The van der Waals surface area contributed by atoms with E-state index in [1.54, 1.807) is 0 Å². The maximum atomic E-state index is 13.3. The molecule has 1 aliphatic heterocycles. The normalized spacial score (nSPS) is 15.0. The molecule has 0 saturated carbocycles. The fourth-order valence-corrected chi connectivity index (χ4v) is 3.78. The summed E-state index contributed by atoms with van der Waals surface area (Å²) in [6.45, 7) is 2.21. The zero-order valence-corrected chi connectivity index (χ0v) is 16.2. The third-order valence-electron chi connectivity index (χ3n) is 5.42. The Morgan fingerprint density at radius 3 is 2.32 bits per heavy atom. The molecule has 1 fully saturated rings. The zero-order valence-electron chi connectivity index (χ0n) is 16.2. The van der Waals surface area contributed by atoms with E-state index in [4.69, 9.17) is 5.10 Å². The molecule has 1 amide bonds. The Bertz CT molecular complexity index is 912. The van der Waals surface area contributed by atoms with Gasteiger partial charge in [0.1, 0.15) is 5.69 Å². The number of rotatable bonds is 5. The third-order valence-corrected chi connectivity index (χ3v) is 5.42. The summed E-state index contributed by atoms with van der Waals surface area (Å²) in [5.41, 5.74) is 3.59. The van der Waals surface area contributed by atoms with E-state index in [1.807, 2.05) is 71.4 Å². The van der Waals surface area contributed by atoms with Crippen molar-refractivity contribution in [3.8, 4) is 11.3 Å². The van der Waals surface area contributed by atoms with Crippen LogP contribution in [0.2, 0.25) is 0 Å². The van der Waals surface area contributed by atoms with Gasteiger partial charge in [-0.15, -0.1) is 0 Å². The van der Waals surface area contributed by atoms with Crippen molar-refractivity contribution in [3.05, 3.63) is 78.0 Å². The molecule has 1 N–H and O–H groups in total. The van der Waals surface area contributed by atoms with Gasteiger partial charge in [0.25, 0.3) is 5.91 Å². The largest absolute Gasteiger partial charge is 0.338 e. The molecule has 1 aromatic heterocycles. The number of hydrogen-bond donors (Lipinski definition) is 1. The van der Waals surface area contributed by atoms with Gasteiger partial charge in [0.05, 0.1) is 12.1 Å². The van der Waals surface area contributed by atoms with Gasteiger partial charge >= 0.3 is 0 Å². The molecule has 2 aromatic carbocycles. The van der Waals surface area contributed by atoms with Gasteiger partial charge < -0.3 is 10.2 Å². The molecule has 0 unspecified atom stereocenters. The maximum absolute atomic E-state index is 13.3. The molecule has 1 saturated heterocycles. The minimum Gasteiger partial charge on any atom is -0.338 e. The van der Waals surface area contributed by atoms with Gasteiger partial charge in [-0.3, -0.25) is 9.48 Å². The summed E-state index contributed by atoms with van der Waals surface area (Å²) in [4.78, 5) is 15.3. The lowest BCUT2D eigenvalue weighted by Crippen LogP contribution is -2.44. The number of carbonyl (C=O) groups excluding carboxylic acids is 1. The van der Waals surface area contributed by atoms with Gasteiger partial charge in [0.2, 0.25) is 0 Å². The predicted octanol–water partition coefficient (Wildman–Crippen LogP) is 3.42. The van der Waals surface area contributed by atoms with Crippen molar-refractivity contribution in [2.24, 2.45) is 0 Å². The summed E-state index contributed by atoms with van der Waals surface area (Å²) in [5.74, 6) is 0.0766. The number of likely N-dealkylation sites (tertiary alicyclic amines) is 1. The second-order valence-corrected chi connectivity index (χ2v) is 7.30. The van der Waals surface area contributed by atoms with E-state index in [9.17, 15) is 4.79 Å². The summed E-state index contributed by atoms with van der Waals surface area (Å²) >= 11 is 0. The number of nitrogens with zero attached hydrogens (tertiary/aromatic N) is 3. The first-order valence-corrected chi connectivity index (χ1v) is 9.88. The molecule has 0 radical (unpaired) electrons. The van der Waals surface area contributed by atoms with Crippen LogP contribution in [0.1, 0.15) is 28.8 Å². The number of aromatic nitrogens is 2. The standard InChI is InChI=1S/C23H26N4O/c1-24-20-12-14-26(15-13-20)23(28)21-17-27(16-18-8-4-2-5-9-18)25-22(21)19-10-6-3-7-11-19/h2-11,17,20,24H,12-16H2,1H3. The Morgan fingerprint density at radius 2 is 1.68 bits per heavy atom. The zero-order chi connectivity index (χ0) is 19.3. The molecule has 0 atom stereocenters. The first-order valence-electron chi connectivity index (χ1n) is 9.88. The summed E-state index contributed by atoms with van der Waals surface area (Å²) < 4.78 is 1.88. The van der Waals surface area contributed by atoms with Crippen molar-refractivity contribution in [1.29, 1.82) is 0 Å². The third kappa shape index (κ3) is 3.99. The van der Waals surface area contributed by atoms with Crippen molar-refractivity contribution in [3.63, 3.8) is 0 Å². The molecule has 3 aromatic rings. The highest BCUT2D eigenvalue weighted by Gasteiger charge is 2.26. The average molecular weight is 374 g/mol. The number of nitrogens with one attached hydrogen (secondary N) is 1. The molecule has 4 rings (SSSR count). The van der Waals surface area contributed by atoms with Crippen LogP contribution >= 0.6 is 0 Å². The molecule has 0 spiro atoms. The second-order valence-electron chi connectivity index (χ2n) is 7.30. The first-order chi connectivity index (χ1) is 13.7. The van der Waals surface area contributed by atoms with Gasteiger partial charge in [0.15, 0.2) is 0 Å². The monoisotopic (exact) mass is 374 g/mol. The lowest BCUT2D eigenvalue weighted by molar-refractivity contribution is 0.0708. The van der Waals surface area contributed by atoms with Crippen LogP contribution in [-0.4, -0.2) is 46.8 Å². The number of piperidine rings is 1. The average Bonchev–Trinajstić information content (AvgIpc) is 3.18. The van der Waals surface area contributed by atoms with Crippen molar-refractivity contribution in [1.82, 2.24) is 20.0 Å². The second kappa shape index (κ2) is 8.40. The van der Waals surface area contributed by atoms with E-state index < -0.39 is 0 Å². The lowest BCUT2D eigenvalue weighted by Gasteiger charge is -2.31. The molecule has 0 bridgehead atoms. The SMILES string of the molecule is CNC1CCN(C(=O)c2cn(Cc3ccccc3)nc2-c2ccccc2)CC1. The van der Waals surface area contributed by atoms with Gasteiger partial charge in [-0.1, -0.05) is 60.7 Å². The van der Waals surface area contributed by atoms with Crippen molar-refractivity contribution < 1.29 is 4.79 Å². The van der Waals surface area contributed by atoms with E-state index in [2.05, 4.69) is 17.4 Å². The van der Waals surface area contributed by atoms with Gasteiger partial charge in [-0.2, -0.15) is 5.10 Å². The molecular formula is C23H26N4O. The number of amides is 1. The van der Waals surface area contributed by atoms with Crippen LogP contribution in [0.3, 0.4) is 0 Å². The lowest BCUT2D eigenvalue weighted by atomic mass is 10.0. The fourth-order valence-electron chi connectivity index (χ4n) is 3.78. The van der Waals surface area contributed by atoms with E-state index in [0.29, 0.717) is 18.2 Å². The van der Waals surface area contributed by atoms with E-state index in [-0.39, 0.29) is 5.91 Å². The van der Waals surface area contributed by atoms with Gasteiger partial charge in [0, 0.05) is 30.9 Å². The molecule has 2 heterocycles. The predicted molar refractivity (Wildman–Crippen MR) is 111 cm³/mol.